The van der Waals surface area contributed by atoms with Crippen LogP contribution >= 0.6 is 12.4 Å². The molecular weight excluding hydrogens is 328 g/mol. The maximum atomic E-state index is 11.8. The Balaban J connectivity index is 0.00000288. The van der Waals surface area contributed by atoms with E-state index in [9.17, 15) is 4.79 Å². The first-order chi connectivity index (χ1) is 11.0. The molecule has 1 aromatic rings. The SMILES string of the molecule is COc1cc(C(C)NC(=O)CC(C)N)ccc1OC1CCCC1.Cl. The van der Waals surface area contributed by atoms with Crippen LogP contribution in [0.4, 0.5) is 0 Å². The van der Waals surface area contributed by atoms with E-state index < -0.39 is 0 Å². The van der Waals surface area contributed by atoms with Gasteiger partial charge in [0.25, 0.3) is 0 Å². The number of benzene rings is 1. The summed E-state index contributed by atoms with van der Waals surface area (Å²) in [5.74, 6) is 1.44. The van der Waals surface area contributed by atoms with E-state index in [1.807, 2.05) is 32.0 Å². The maximum Gasteiger partial charge on any atom is 0.222 e. The van der Waals surface area contributed by atoms with Crippen LogP contribution in [0, 0.1) is 0 Å². The lowest BCUT2D eigenvalue weighted by Crippen LogP contribution is -2.31. The van der Waals surface area contributed by atoms with Crippen LogP contribution in [-0.2, 0) is 4.79 Å². The Morgan fingerprint density at radius 3 is 2.54 bits per heavy atom. The number of rotatable bonds is 7. The number of halogens is 1. The second-order valence-corrected chi connectivity index (χ2v) is 6.41. The number of methoxy groups -OCH3 is 1. The molecule has 1 aliphatic rings. The first-order valence-corrected chi connectivity index (χ1v) is 8.39. The van der Waals surface area contributed by atoms with Crippen molar-refractivity contribution in [1.29, 1.82) is 0 Å². The van der Waals surface area contributed by atoms with Gasteiger partial charge in [-0.3, -0.25) is 4.79 Å². The van der Waals surface area contributed by atoms with Crippen molar-refractivity contribution in [3.8, 4) is 11.5 Å². The molecule has 2 rings (SSSR count). The highest BCUT2D eigenvalue weighted by atomic mass is 35.5. The summed E-state index contributed by atoms with van der Waals surface area (Å²) >= 11 is 0. The van der Waals surface area contributed by atoms with Crippen LogP contribution in [0.25, 0.3) is 0 Å². The van der Waals surface area contributed by atoms with Crippen molar-refractivity contribution in [3.63, 3.8) is 0 Å². The Hall–Kier alpha value is -1.46. The number of nitrogens with one attached hydrogen (secondary N) is 1. The summed E-state index contributed by atoms with van der Waals surface area (Å²) in [4.78, 5) is 11.8. The number of hydrogen-bond donors (Lipinski definition) is 2. The van der Waals surface area contributed by atoms with E-state index in [4.69, 9.17) is 15.2 Å². The van der Waals surface area contributed by atoms with Crippen molar-refractivity contribution < 1.29 is 14.3 Å². The van der Waals surface area contributed by atoms with Gasteiger partial charge in [-0.1, -0.05) is 6.07 Å². The third-order valence-corrected chi connectivity index (χ3v) is 4.17. The maximum absolute atomic E-state index is 11.8. The number of carbonyl (C=O) groups excluding carboxylic acids is 1. The molecule has 0 bridgehead atoms. The minimum absolute atomic E-state index is 0. The molecule has 1 fully saturated rings. The summed E-state index contributed by atoms with van der Waals surface area (Å²) in [6, 6.07) is 5.60. The fraction of sp³-hybridized carbons (Fsp3) is 0.611. The fourth-order valence-corrected chi connectivity index (χ4v) is 2.91. The molecule has 1 aliphatic carbocycles. The van der Waals surface area contributed by atoms with Gasteiger partial charge in [0.15, 0.2) is 11.5 Å². The molecule has 0 heterocycles. The molecular formula is C18H29ClN2O3. The molecule has 6 heteroatoms. The zero-order valence-electron chi connectivity index (χ0n) is 14.7. The first-order valence-electron chi connectivity index (χ1n) is 8.39. The van der Waals surface area contributed by atoms with E-state index >= 15 is 0 Å². The number of ether oxygens (including phenoxy) is 2. The predicted molar refractivity (Wildman–Crippen MR) is 98.0 cm³/mol. The lowest BCUT2D eigenvalue weighted by atomic mass is 10.1. The third kappa shape index (κ3) is 5.87. The second kappa shape index (κ2) is 9.74. The summed E-state index contributed by atoms with van der Waals surface area (Å²) in [5.41, 5.74) is 6.64. The van der Waals surface area contributed by atoms with Gasteiger partial charge in [-0.2, -0.15) is 0 Å². The molecule has 0 saturated heterocycles. The number of amides is 1. The molecule has 2 unspecified atom stereocenters. The van der Waals surface area contributed by atoms with Gasteiger partial charge in [-0.25, -0.2) is 0 Å². The zero-order chi connectivity index (χ0) is 16.8. The van der Waals surface area contributed by atoms with Gasteiger partial charge < -0.3 is 20.5 Å². The third-order valence-electron chi connectivity index (χ3n) is 4.17. The Labute approximate surface area is 150 Å². The molecule has 0 radical (unpaired) electrons. The lowest BCUT2D eigenvalue weighted by Gasteiger charge is -2.19. The van der Waals surface area contributed by atoms with Crippen molar-refractivity contribution in [2.24, 2.45) is 5.73 Å². The highest BCUT2D eigenvalue weighted by Crippen LogP contribution is 2.33. The first kappa shape index (κ1) is 20.6. The summed E-state index contributed by atoms with van der Waals surface area (Å²) < 4.78 is 11.5. The standard InChI is InChI=1S/C18H28N2O3.ClH/c1-12(19)10-18(21)20-13(2)14-8-9-16(17(11-14)22-3)23-15-6-4-5-7-15;/h8-9,11-13,15H,4-7,10,19H2,1-3H3,(H,20,21);1H. The largest absolute Gasteiger partial charge is 0.493 e. The summed E-state index contributed by atoms with van der Waals surface area (Å²) in [6.07, 6.45) is 5.28. The van der Waals surface area contributed by atoms with Gasteiger partial charge in [-0.15, -0.1) is 12.4 Å². The van der Waals surface area contributed by atoms with E-state index in [1.54, 1.807) is 7.11 Å². The van der Waals surface area contributed by atoms with Crippen LogP contribution in [0.3, 0.4) is 0 Å². The Morgan fingerprint density at radius 2 is 1.96 bits per heavy atom. The summed E-state index contributed by atoms with van der Waals surface area (Å²) in [5, 5.41) is 2.96. The second-order valence-electron chi connectivity index (χ2n) is 6.41. The highest BCUT2D eigenvalue weighted by Gasteiger charge is 2.19. The monoisotopic (exact) mass is 356 g/mol. The van der Waals surface area contributed by atoms with Gasteiger partial charge in [0.2, 0.25) is 5.91 Å². The van der Waals surface area contributed by atoms with Gasteiger partial charge in [0.05, 0.1) is 19.3 Å². The average Bonchev–Trinajstić information content (AvgIpc) is 2.99. The van der Waals surface area contributed by atoms with Crippen LogP contribution in [0.15, 0.2) is 18.2 Å². The van der Waals surface area contributed by atoms with Crippen LogP contribution in [0.2, 0.25) is 0 Å². The number of carbonyl (C=O) groups is 1. The fourth-order valence-electron chi connectivity index (χ4n) is 2.91. The van der Waals surface area contributed by atoms with Crippen molar-refractivity contribution in [2.75, 3.05) is 7.11 Å². The molecule has 1 aromatic carbocycles. The summed E-state index contributed by atoms with van der Waals surface area (Å²) in [7, 11) is 1.64. The quantitative estimate of drug-likeness (QED) is 0.785. The lowest BCUT2D eigenvalue weighted by molar-refractivity contribution is -0.122. The number of hydrogen-bond acceptors (Lipinski definition) is 4. The smallest absolute Gasteiger partial charge is 0.222 e. The topological polar surface area (TPSA) is 73.6 Å². The minimum Gasteiger partial charge on any atom is -0.493 e. The van der Waals surface area contributed by atoms with E-state index in [-0.39, 0.29) is 36.5 Å². The van der Waals surface area contributed by atoms with Gasteiger partial charge in [0.1, 0.15) is 0 Å². The predicted octanol–water partition coefficient (Wildman–Crippen LogP) is 3.35. The Bertz CT molecular complexity index is 531. The van der Waals surface area contributed by atoms with Gasteiger partial charge in [0, 0.05) is 12.5 Å². The Kier molecular flexibility index (Phi) is 8.36. The molecule has 1 saturated carbocycles. The minimum atomic E-state index is -0.140. The van der Waals surface area contributed by atoms with E-state index in [1.165, 1.54) is 12.8 Å². The van der Waals surface area contributed by atoms with Crippen LogP contribution in [0.5, 0.6) is 11.5 Å². The molecule has 0 aliphatic heterocycles. The molecule has 2 atom stereocenters. The normalized spacial score (nSPS) is 16.8. The highest BCUT2D eigenvalue weighted by molar-refractivity contribution is 5.85. The van der Waals surface area contributed by atoms with Crippen LogP contribution in [0.1, 0.15) is 57.6 Å². The van der Waals surface area contributed by atoms with Crippen molar-refractivity contribution in [1.82, 2.24) is 5.32 Å². The summed E-state index contributed by atoms with van der Waals surface area (Å²) in [6.45, 7) is 3.77. The molecule has 0 aromatic heterocycles. The van der Waals surface area contributed by atoms with E-state index in [0.717, 1.165) is 24.2 Å². The zero-order valence-corrected chi connectivity index (χ0v) is 15.5. The number of nitrogens with two attached hydrogens (primary N) is 1. The molecule has 24 heavy (non-hydrogen) atoms. The van der Waals surface area contributed by atoms with Gasteiger partial charge in [-0.05, 0) is 57.2 Å². The van der Waals surface area contributed by atoms with Crippen LogP contribution in [-0.4, -0.2) is 25.2 Å². The molecule has 0 spiro atoms. The van der Waals surface area contributed by atoms with E-state index in [2.05, 4.69) is 5.32 Å². The van der Waals surface area contributed by atoms with Crippen molar-refractivity contribution >= 4 is 18.3 Å². The van der Waals surface area contributed by atoms with Gasteiger partial charge >= 0.3 is 0 Å². The molecule has 3 N–H and O–H groups in total. The van der Waals surface area contributed by atoms with Crippen molar-refractivity contribution in [2.45, 2.75) is 64.1 Å². The van der Waals surface area contributed by atoms with E-state index in [0.29, 0.717) is 12.2 Å². The Morgan fingerprint density at radius 1 is 1.29 bits per heavy atom. The molecule has 136 valence electrons. The average molecular weight is 357 g/mol. The van der Waals surface area contributed by atoms with Crippen LogP contribution < -0.4 is 20.5 Å². The molecule has 1 amide bonds. The van der Waals surface area contributed by atoms with Crippen molar-refractivity contribution in [3.05, 3.63) is 23.8 Å². The molecule has 5 nitrogen and oxygen atoms in total.